The first-order chi connectivity index (χ1) is 14.6. The molecule has 0 saturated carbocycles. The standard InChI is InChI=1S/C23H23FN2O3S/c1-29-14-17-20-18(24)8-5-9-19(20)30-21(17)23(28)26-12-10-15(11-13-26)22(27)25-16-6-3-2-4-7-16/h2-9,15H,10-14H2,1H3,(H,25,27). The summed E-state index contributed by atoms with van der Waals surface area (Å²) >= 11 is 1.30. The topological polar surface area (TPSA) is 58.6 Å². The highest BCUT2D eigenvalue weighted by atomic mass is 32.1. The van der Waals surface area contributed by atoms with Crippen LogP contribution in [0, 0.1) is 11.7 Å². The number of carbonyl (C=O) groups excluding carboxylic acids is 2. The Kier molecular flexibility index (Phi) is 6.11. The smallest absolute Gasteiger partial charge is 0.264 e. The Morgan fingerprint density at radius 2 is 1.87 bits per heavy atom. The molecule has 0 spiro atoms. The van der Waals surface area contributed by atoms with Crippen LogP contribution in [0.1, 0.15) is 28.1 Å². The van der Waals surface area contributed by atoms with Gasteiger partial charge in [-0.25, -0.2) is 4.39 Å². The number of amides is 2. The number of fused-ring (bicyclic) bond motifs is 1. The number of nitrogens with one attached hydrogen (secondary N) is 1. The number of thiophene rings is 1. The van der Waals surface area contributed by atoms with Gasteiger partial charge in [0.05, 0.1) is 11.5 Å². The molecule has 0 bridgehead atoms. The zero-order valence-corrected chi connectivity index (χ0v) is 17.5. The molecule has 0 aliphatic carbocycles. The summed E-state index contributed by atoms with van der Waals surface area (Å²) in [5, 5.41) is 3.40. The van der Waals surface area contributed by atoms with Crippen molar-refractivity contribution in [2.45, 2.75) is 19.4 Å². The number of hydrogen-bond donors (Lipinski definition) is 1. The number of hydrogen-bond acceptors (Lipinski definition) is 4. The van der Waals surface area contributed by atoms with E-state index in [0.717, 1.165) is 10.4 Å². The third-order valence-corrected chi connectivity index (χ3v) is 6.63. The van der Waals surface area contributed by atoms with Crippen molar-refractivity contribution in [2.75, 3.05) is 25.5 Å². The molecule has 0 radical (unpaired) electrons. The van der Waals surface area contributed by atoms with Crippen LogP contribution in [0.15, 0.2) is 48.5 Å². The first kappa shape index (κ1) is 20.5. The Morgan fingerprint density at radius 1 is 1.13 bits per heavy atom. The fourth-order valence-corrected chi connectivity index (χ4v) is 5.07. The van der Waals surface area contributed by atoms with E-state index in [2.05, 4.69) is 5.32 Å². The molecule has 1 N–H and O–H groups in total. The number of carbonyl (C=O) groups is 2. The largest absolute Gasteiger partial charge is 0.380 e. The number of methoxy groups -OCH3 is 1. The predicted molar refractivity (Wildman–Crippen MR) is 116 cm³/mol. The summed E-state index contributed by atoms with van der Waals surface area (Å²) in [4.78, 5) is 28.0. The Morgan fingerprint density at radius 3 is 2.57 bits per heavy atom. The van der Waals surface area contributed by atoms with E-state index in [0.29, 0.717) is 41.8 Å². The quantitative estimate of drug-likeness (QED) is 0.645. The Hall–Kier alpha value is -2.77. The number of para-hydroxylation sites is 1. The molecule has 5 nitrogen and oxygen atoms in total. The molecule has 156 valence electrons. The summed E-state index contributed by atoms with van der Waals surface area (Å²) in [5.41, 5.74) is 1.38. The minimum Gasteiger partial charge on any atom is -0.380 e. The Bertz CT molecular complexity index is 1060. The summed E-state index contributed by atoms with van der Waals surface area (Å²) in [6.45, 7) is 1.17. The van der Waals surface area contributed by atoms with Crippen LogP contribution in [0.4, 0.5) is 10.1 Å². The maximum atomic E-state index is 14.4. The highest BCUT2D eigenvalue weighted by molar-refractivity contribution is 7.21. The molecule has 1 aromatic heterocycles. The first-order valence-electron chi connectivity index (χ1n) is 9.92. The second-order valence-electron chi connectivity index (χ2n) is 7.38. The van der Waals surface area contributed by atoms with Gasteiger partial charge in [0.25, 0.3) is 5.91 Å². The van der Waals surface area contributed by atoms with Crippen LogP contribution >= 0.6 is 11.3 Å². The number of benzene rings is 2. The molecule has 2 aromatic carbocycles. The number of piperidine rings is 1. The minimum atomic E-state index is -0.342. The van der Waals surface area contributed by atoms with Crippen LogP contribution in [-0.2, 0) is 16.1 Å². The average molecular weight is 427 g/mol. The fraction of sp³-hybridized carbons (Fsp3) is 0.304. The zero-order chi connectivity index (χ0) is 21.1. The second-order valence-corrected chi connectivity index (χ2v) is 8.43. The van der Waals surface area contributed by atoms with Gasteiger partial charge in [-0.05, 0) is 37.1 Å². The lowest BCUT2D eigenvalue weighted by atomic mass is 9.95. The molecule has 1 fully saturated rings. The number of halogens is 1. The molecule has 0 unspecified atom stereocenters. The summed E-state index contributed by atoms with van der Waals surface area (Å²) in [6.07, 6.45) is 1.20. The fourth-order valence-electron chi connectivity index (χ4n) is 3.88. The van der Waals surface area contributed by atoms with Crippen LogP contribution in [0.2, 0.25) is 0 Å². The van der Waals surface area contributed by atoms with Crippen molar-refractivity contribution in [3.05, 3.63) is 64.8 Å². The maximum Gasteiger partial charge on any atom is 0.264 e. The number of rotatable bonds is 5. The van der Waals surface area contributed by atoms with Gasteiger partial charge >= 0.3 is 0 Å². The highest BCUT2D eigenvalue weighted by Gasteiger charge is 2.30. The van der Waals surface area contributed by atoms with E-state index >= 15 is 0 Å². The van der Waals surface area contributed by atoms with Crippen LogP contribution < -0.4 is 5.32 Å². The molecule has 2 amide bonds. The monoisotopic (exact) mass is 426 g/mol. The number of anilines is 1. The zero-order valence-electron chi connectivity index (χ0n) is 16.7. The lowest BCUT2D eigenvalue weighted by Gasteiger charge is -2.31. The van der Waals surface area contributed by atoms with Crippen molar-refractivity contribution in [3.8, 4) is 0 Å². The molecule has 1 aliphatic rings. The van der Waals surface area contributed by atoms with Gasteiger partial charge in [-0.3, -0.25) is 9.59 Å². The van der Waals surface area contributed by atoms with E-state index in [1.807, 2.05) is 36.4 Å². The lowest BCUT2D eigenvalue weighted by Crippen LogP contribution is -2.41. The second kappa shape index (κ2) is 8.93. The van der Waals surface area contributed by atoms with Gasteiger partial charge in [0, 0.05) is 47.5 Å². The van der Waals surface area contributed by atoms with Gasteiger partial charge in [0.1, 0.15) is 5.82 Å². The molecule has 1 saturated heterocycles. The van der Waals surface area contributed by atoms with Crippen molar-refractivity contribution in [1.29, 1.82) is 0 Å². The van der Waals surface area contributed by atoms with Crippen molar-refractivity contribution in [3.63, 3.8) is 0 Å². The van der Waals surface area contributed by atoms with Crippen LogP contribution in [0.25, 0.3) is 10.1 Å². The van der Waals surface area contributed by atoms with E-state index in [1.165, 1.54) is 24.5 Å². The summed E-state index contributed by atoms with van der Waals surface area (Å²) in [5.74, 6) is -0.611. The summed E-state index contributed by atoms with van der Waals surface area (Å²) < 4.78 is 20.4. The molecule has 3 aromatic rings. The SMILES string of the molecule is COCc1c(C(=O)N2CCC(C(=O)Nc3ccccc3)CC2)sc2cccc(F)c12. The van der Waals surface area contributed by atoms with Crippen LogP contribution in [0.5, 0.6) is 0 Å². The van der Waals surface area contributed by atoms with E-state index in [4.69, 9.17) is 4.74 Å². The van der Waals surface area contributed by atoms with Gasteiger partial charge in [-0.15, -0.1) is 11.3 Å². The lowest BCUT2D eigenvalue weighted by molar-refractivity contribution is -0.121. The molecule has 2 heterocycles. The number of ether oxygens (including phenoxy) is 1. The normalized spacial score (nSPS) is 14.8. The maximum absolute atomic E-state index is 14.4. The predicted octanol–water partition coefficient (Wildman–Crippen LogP) is 4.68. The van der Waals surface area contributed by atoms with E-state index in [-0.39, 0.29) is 30.2 Å². The van der Waals surface area contributed by atoms with E-state index in [9.17, 15) is 14.0 Å². The molecule has 7 heteroatoms. The van der Waals surface area contributed by atoms with Crippen molar-refractivity contribution < 1.29 is 18.7 Å². The van der Waals surface area contributed by atoms with Crippen molar-refractivity contribution >= 4 is 38.9 Å². The average Bonchev–Trinajstić information content (AvgIpc) is 3.14. The minimum absolute atomic E-state index is 0.0164. The Balaban J connectivity index is 1.46. The third kappa shape index (κ3) is 4.08. The van der Waals surface area contributed by atoms with Crippen LogP contribution in [-0.4, -0.2) is 36.9 Å². The molecule has 4 rings (SSSR count). The molecule has 30 heavy (non-hydrogen) atoms. The van der Waals surface area contributed by atoms with Gasteiger partial charge in [-0.1, -0.05) is 24.3 Å². The third-order valence-electron chi connectivity index (χ3n) is 5.44. The molecule has 0 atom stereocenters. The van der Waals surface area contributed by atoms with Gasteiger partial charge in [-0.2, -0.15) is 0 Å². The molecular formula is C23H23FN2O3S. The van der Waals surface area contributed by atoms with E-state index < -0.39 is 0 Å². The highest BCUT2D eigenvalue weighted by Crippen LogP contribution is 2.35. The first-order valence-corrected chi connectivity index (χ1v) is 10.7. The van der Waals surface area contributed by atoms with Crippen LogP contribution in [0.3, 0.4) is 0 Å². The van der Waals surface area contributed by atoms with Crippen molar-refractivity contribution in [2.24, 2.45) is 5.92 Å². The van der Waals surface area contributed by atoms with E-state index in [1.54, 1.807) is 11.0 Å². The van der Waals surface area contributed by atoms with Gasteiger partial charge < -0.3 is 15.0 Å². The number of likely N-dealkylation sites (tertiary alicyclic amines) is 1. The summed E-state index contributed by atoms with van der Waals surface area (Å²) in [7, 11) is 1.54. The molecular weight excluding hydrogens is 403 g/mol. The Labute approximate surface area is 178 Å². The van der Waals surface area contributed by atoms with Gasteiger partial charge in [0.15, 0.2) is 0 Å². The van der Waals surface area contributed by atoms with Crippen molar-refractivity contribution in [1.82, 2.24) is 4.90 Å². The summed E-state index contributed by atoms with van der Waals surface area (Å²) in [6, 6.07) is 14.2. The van der Waals surface area contributed by atoms with Gasteiger partial charge in [0.2, 0.25) is 5.91 Å². The molecule has 1 aliphatic heterocycles. The number of nitrogens with zero attached hydrogens (tertiary/aromatic N) is 1.